The van der Waals surface area contributed by atoms with Crippen LogP contribution in [-0.2, 0) is 27.5 Å². The van der Waals surface area contributed by atoms with Crippen LogP contribution in [0.1, 0.15) is 31.8 Å². The van der Waals surface area contributed by atoms with E-state index in [1.165, 1.54) is 0 Å². The fourth-order valence-corrected chi connectivity index (χ4v) is 4.59. The molecule has 0 unspecified atom stereocenters. The van der Waals surface area contributed by atoms with Crippen molar-refractivity contribution in [3.05, 3.63) is 89.2 Å². The van der Waals surface area contributed by atoms with Crippen LogP contribution in [0.2, 0.25) is 0 Å². The third-order valence-electron chi connectivity index (χ3n) is 6.57. The van der Waals surface area contributed by atoms with E-state index in [1.807, 2.05) is 24.3 Å². The summed E-state index contributed by atoms with van der Waals surface area (Å²) >= 11 is 0. The van der Waals surface area contributed by atoms with Crippen molar-refractivity contribution >= 4 is 29.1 Å². The number of rotatable bonds is 10. The fraction of sp³-hybridized carbons (Fsp3) is 0.310. The van der Waals surface area contributed by atoms with Gasteiger partial charge in [0.1, 0.15) is 0 Å². The van der Waals surface area contributed by atoms with Crippen molar-refractivity contribution in [1.82, 2.24) is 15.2 Å². The van der Waals surface area contributed by atoms with Crippen LogP contribution in [0.4, 0.5) is 11.4 Å². The number of para-hydroxylation sites is 1. The lowest BCUT2D eigenvalue weighted by atomic mass is 10.0. The molecule has 0 bridgehead atoms. The summed E-state index contributed by atoms with van der Waals surface area (Å²) in [6.45, 7) is 2.61. The molecule has 0 radical (unpaired) electrons. The lowest BCUT2D eigenvalue weighted by Crippen LogP contribution is -2.51. The number of carbonyl (C=O) groups is 3. The monoisotopic (exact) mass is 531 g/mol. The van der Waals surface area contributed by atoms with E-state index in [9.17, 15) is 14.4 Å². The molecule has 2 N–H and O–H groups in total. The molecule has 1 aliphatic heterocycles. The van der Waals surface area contributed by atoms with E-state index in [2.05, 4.69) is 20.5 Å². The maximum atomic E-state index is 13.0. The van der Waals surface area contributed by atoms with Crippen molar-refractivity contribution < 1.29 is 23.9 Å². The first kappa shape index (κ1) is 27.7. The van der Waals surface area contributed by atoms with Gasteiger partial charge in [0.15, 0.2) is 0 Å². The highest BCUT2D eigenvalue weighted by molar-refractivity contribution is 6.08. The van der Waals surface area contributed by atoms with E-state index in [0.717, 1.165) is 16.8 Å². The lowest BCUT2D eigenvalue weighted by molar-refractivity contribution is -0.130. The molecule has 39 heavy (non-hydrogen) atoms. The van der Waals surface area contributed by atoms with Crippen LogP contribution in [0.5, 0.6) is 0 Å². The van der Waals surface area contributed by atoms with Crippen LogP contribution in [0.3, 0.4) is 0 Å². The van der Waals surface area contributed by atoms with E-state index in [1.54, 1.807) is 61.8 Å². The van der Waals surface area contributed by atoms with Gasteiger partial charge in [-0.15, -0.1) is 0 Å². The number of anilines is 2. The van der Waals surface area contributed by atoms with Crippen molar-refractivity contribution in [3.8, 4) is 0 Å². The quantitative estimate of drug-likeness (QED) is 0.414. The number of methoxy groups -OCH3 is 2. The first-order valence-corrected chi connectivity index (χ1v) is 12.7. The molecule has 1 aromatic heterocycles. The van der Waals surface area contributed by atoms with Crippen molar-refractivity contribution in [2.24, 2.45) is 0 Å². The first-order valence-electron chi connectivity index (χ1n) is 12.7. The Kier molecular flexibility index (Phi) is 9.60. The van der Waals surface area contributed by atoms with E-state index in [0.29, 0.717) is 49.6 Å². The Balaban J connectivity index is 1.34. The molecule has 10 heteroatoms. The largest absolute Gasteiger partial charge is 0.380 e. The summed E-state index contributed by atoms with van der Waals surface area (Å²) in [6, 6.07) is 16.3. The van der Waals surface area contributed by atoms with Gasteiger partial charge in [0.05, 0.1) is 25.3 Å². The number of ether oxygens (including phenoxy) is 2. The number of nitrogens with one attached hydrogen (secondary N) is 2. The van der Waals surface area contributed by atoms with Gasteiger partial charge in [-0.3, -0.25) is 19.4 Å². The summed E-state index contributed by atoms with van der Waals surface area (Å²) in [5, 5.41) is 5.66. The molecular weight excluding hydrogens is 498 g/mol. The van der Waals surface area contributed by atoms with Crippen LogP contribution in [0, 0.1) is 0 Å². The first-order chi connectivity index (χ1) is 19.0. The van der Waals surface area contributed by atoms with Gasteiger partial charge in [0.2, 0.25) is 5.91 Å². The minimum absolute atomic E-state index is 0.106. The normalized spacial score (nSPS) is 13.2. The van der Waals surface area contributed by atoms with Gasteiger partial charge in [-0.25, -0.2) is 0 Å². The average molecular weight is 532 g/mol. The Hall–Kier alpha value is -4.28. The van der Waals surface area contributed by atoms with Gasteiger partial charge in [-0.2, -0.15) is 0 Å². The molecule has 0 spiro atoms. The summed E-state index contributed by atoms with van der Waals surface area (Å²) in [7, 11) is 3.16. The van der Waals surface area contributed by atoms with Gasteiger partial charge >= 0.3 is 0 Å². The van der Waals surface area contributed by atoms with Gasteiger partial charge in [-0.1, -0.05) is 24.3 Å². The minimum atomic E-state index is -0.332. The van der Waals surface area contributed by atoms with Gasteiger partial charge in [0, 0.05) is 69.7 Å². The number of pyridine rings is 1. The number of hydrogen-bond acceptors (Lipinski definition) is 7. The lowest BCUT2D eigenvalue weighted by Gasteiger charge is -2.37. The zero-order valence-electron chi connectivity index (χ0n) is 22.2. The Morgan fingerprint density at radius 3 is 2.23 bits per heavy atom. The summed E-state index contributed by atoms with van der Waals surface area (Å²) in [5.41, 5.74) is 4.11. The number of aromatic nitrogens is 1. The van der Waals surface area contributed by atoms with E-state index in [4.69, 9.17) is 9.47 Å². The standard InChI is InChI=1S/C29H33N5O5/c1-38-19-21-6-5-8-23(25(21)20-39-2)28(36)31-18-27(35)34-16-14-33(15-17-34)26-9-4-3-7-24(26)29(37)32-22-10-12-30-13-11-22/h3-13H,14-20H2,1-2H3,(H,31,36)(H,30,32,37). The van der Waals surface area contributed by atoms with Crippen LogP contribution in [-0.4, -0.2) is 74.5 Å². The molecule has 0 atom stereocenters. The second-order valence-corrected chi connectivity index (χ2v) is 9.07. The molecule has 204 valence electrons. The molecule has 0 aliphatic carbocycles. The molecule has 1 fully saturated rings. The highest BCUT2D eigenvalue weighted by atomic mass is 16.5. The molecule has 3 amide bonds. The van der Waals surface area contributed by atoms with Crippen LogP contribution < -0.4 is 15.5 Å². The number of benzene rings is 2. The molecule has 2 aromatic carbocycles. The van der Waals surface area contributed by atoms with Crippen molar-refractivity contribution in [1.29, 1.82) is 0 Å². The predicted octanol–water partition coefficient (Wildman–Crippen LogP) is 2.71. The zero-order valence-corrected chi connectivity index (χ0v) is 22.2. The number of carbonyl (C=O) groups excluding carboxylic acids is 3. The summed E-state index contributed by atoms with van der Waals surface area (Å²) < 4.78 is 10.5. The Morgan fingerprint density at radius 2 is 1.51 bits per heavy atom. The molecule has 10 nitrogen and oxygen atoms in total. The van der Waals surface area contributed by atoms with Crippen molar-refractivity contribution in [2.45, 2.75) is 13.2 Å². The maximum Gasteiger partial charge on any atom is 0.257 e. The van der Waals surface area contributed by atoms with Gasteiger partial charge in [0.25, 0.3) is 11.8 Å². The Bertz CT molecular complexity index is 1290. The van der Waals surface area contributed by atoms with Crippen molar-refractivity contribution in [2.75, 3.05) is 57.2 Å². The van der Waals surface area contributed by atoms with Crippen LogP contribution >= 0.6 is 0 Å². The minimum Gasteiger partial charge on any atom is -0.380 e. The third kappa shape index (κ3) is 6.98. The smallest absolute Gasteiger partial charge is 0.257 e. The molecule has 1 saturated heterocycles. The second-order valence-electron chi connectivity index (χ2n) is 9.07. The van der Waals surface area contributed by atoms with E-state index in [-0.39, 0.29) is 30.9 Å². The number of amides is 3. The molecule has 3 aromatic rings. The van der Waals surface area contributed by atoms with E-state index < -0.39 is 0 Å². The molecule has 2 heterocycles. The highest BCUT2D eigenvalue weighted by Gasteiger charge is 2.25. The van der Waals surface area contributed by atoms with E-state index >= 15 is 0 Å². The fourth-order valence-electron chi connectivity index (χ4n) is 4.59. The number of piperazine rings is 1. The zero-order chi connectivity index (χ0) is 27.6. The SMILES string of the molecule is COCc1cccc(C(=O)NCC(=O)N2CCN(c3ccccc3C(=O)Nc3ccncc3)CC2)c1COC. The Labute approximate surface area is 227 Å². The molecule has 4 rings (SSSR count). The summed E-state index contributed by atoms with van der Waals surface area (Å²) in [5.74, 6) is -0.699. The van der Waals surface area contributed by atoms with Gasteiger partial charge in [-0.05, 0) is 41.5 Å². The summed E-state index contributed by atoms with van der Waals surface area (Å²) in [6.07, 6.45) is 3.24. The maximum absolute atomic E-state index is 13.0. The molecule has 1 aliphatic rings. The predicted molar refractivity (Wildman–Crippen MR) is 148 cm³/mol. The number of hydrogen-bond donors (Lipinski definition) is 2. The number of nitrogens with zero attached hydrogens (tertiary/aromatic N) is 3. The van der Waals surface area contributed by atoms with Gasteiger partial charge < -0.3 is 29.9 Å². The van der Waals surface area contributed by atoms with Crippen LogP contribution in [0.25, 0.3) is 0 Å². The Morgan fingerprint density at radius 1 is 0.821 bits per heavy atom. The third-order valence-corrected chi connectivity index (χ3v) is 6.57. The van der Waals surface area contributed by atoms with Crippen LogP contribution in [0.15, 0.2) is 67.0 Å². The topological polar surface area (TPSA) is 113 Å². The second kappa shape index (κ2) is 13.5. The average Bonchev–Trinajstić information content (AvgIpc) is 2.97. The summed E-state index contributed by atoms with van der Waals surface area (Å²) in [4.78, 5) is 46.6. The molecular formula is C29H33N5O5. The molecule has 0 saturated carbocycles. The van der Waals surface area contributed by atoms with Crippen molar-refractivity contribution in [3.63, 3.8) is 0 Å². The highest BCUT2D eigenvalue weighted by Crippen LogP contribution is 2.23.